The van der Waals surface area contributed by atoms with Crippen LogP contribution < -0.4 is 0 Å². The molecule has 0 fully saturated rings. The average molecular weight is 337 g/mol. The molecule has 0 bridgehead atoms. The Bertz CT molecular complexity index is 60.0. The lowest BCUT2D eigenvalue weighted by atomic mass is 9.79. The summed E-state index contributed by atoms with van der Waals surface area (Å²) in [7, 11) is 1.20. The van der Waals surface area contributed by atoms with Crippen LogP contribution in [0.2, 0.25) is 5.82 Å². The standard InChI is InChI=1S/C4H10BI2N/c1-4(2)5-8(7)3-6/h4-5H,3H2,1-2H3. The topological polar surface area (TPSA) is 3.24 Å². The van der Waals surface area contributed by atoms with Crippen molar-refractivity contribution < 1.29 is 0 Å². The maximum absolute atomic E-state index is 2.37. The second-order valence-corrected chi connectivity index (χ2v) is 4.21. The third kappa shape index (κ3) is 5.62. The fraction of sp³-hybridized carbons (Fsp3) is 1.00. The van der Waals surface area contributed by atoms with Gasteiger partial charge in [-0.1, -0.05) is 42.3 Å². The van der Waals surface area contributed by atoms with Gasteiger partial charge in [0.25, 0.3) is 0 Å². The summed E-state index contributed by atoms with van der Waals surface area (Å²) in [4.78, 5) is 0. The third-order valence-corrected chi connectivity index (χ3v) is 3.56. The minimum Gasteiger partial charge on any atom is -0.281 e. The van der Waals surface area contributed by atoms with Gasteiger partial charge in [0, 0.05) is 27.4 Å². The van der Waals surface area contributed by atoms with Crippen molar-refractivity contribution in [3.05, 3.63) is 0 Å². The first kappa shape index (κ1) is 9.48. The molecule has 0 aliphatic heterocycles. The molecule has 0 atom stereocenters. The van der Waals surface area contributed by atoms with Crippen molar-refractivity contribution in [3.63, 3.8) is 0 Å². The fourth-order valence-electron chi connectivity index (χ4n) is 0.445. The SMILES string of the molecule is CC(C)BN(I)CI. The molecule has 0 aromatic rings. The van der Waals surface area contributed by atoms with Gasteiger partial charge in [0.05, 0.1) is 0 Å². The first-order chi connectivity index (χ1) is 3.66. The van der Waals surface area contributed by atoms with Gasteiger partial charge in [0.15, 0.2) is 0 Å². The molecule has 0 spiro atoms. The molecule has 0 radical (unpaired) electrons. The molecule has 0 aromatic carbocycles. The monoisotopic (exact) mass is 337 g/mol. The van der Waals surface area contributed by atoms with Crippen LogP contribution in [-0.4, -0.2) is 15.0 Å². The molecule has 0 unspecified atom stereocenters. The third-order valence-electron chi connectivity index (χ3n) is 0.693. The highest BCUT2D eigenvalue weighted by atomic mass is 127. The lowest BCUT2D eigenvalue weighted by molar-refractivity contribution is 0.885. The molecule has 8 heavy (non-hydrogen) atoms. The van der Waals surface area contributed by atoms with Crippen molar-refractivity contribution in [3.8, 4) is 0 Å². The zero-order valence-electron chi connectivity index (χ0n) is 5.19. The van der Waals surface area contributed by atoms with Gasteiger partial charge in [-0.2, -0.15) is 0 Å². The van der Waals surface area contributed by atoms with E-state index >= 15 is 0 Å². The highest BCUT2D eigenvalue weighted by molar-refractivity contribution is 14.1. The van der Waals surface area contributed by atoms with E-state index in [0.29, 0.717) is 0 Å². The molecule has 0 amide bonds. The van der Waals surface area contributed by atoms with E-state index in [9.17, 15) is 0 Å². The lowest BCUT2D eigenvalue weighted by Gasteiger charge is -2.09. The molecule has 0 heterocycles. The molecule has 0 aliphatic carbocycles. The zero-order chi connectivity index (χ0) is 6.57. The maximum atomic E-state index is 2.37. The second kappa shape index (κ2) is 5.28. The molecule has 0 N–H and O–H groups in total. The lowest BCUT2D eigenvalue weighted by Crippen LogP contribution is -2.16. The fourth-order valence-corrected chi connectivity index (χ4v) is 1.51. The predicted octanol–water partition coefficient (Wildman–Crippen LogP) is 2.21. The Morgan fingerprint density at radius 1 is 1.62 bits per heavy atom. The van der Waals surface area contributed by atoms with E-state index in [1.807, 2.05) is 0 Å². The van der Waals surface area contributed by atoms with Crippen molar-refractivity contribution in [1.82, 2.24) is 3.02 Å². The van der Waals surface area contributed by atoms with Crippen LogP contribution >= 0.6 is 45.5 Å². The molecule has 4 heteroatoms. The molecule has 0 aliphatic rings. The normalized spacial score (nSPS) is 10.8. The summed E-state index contributed by atoms with van der Waals surface area (Å²) in [5.41, 5.74) is 0. The van der Waals surface area contributed by atoms with E-state index < -0.39 is 0 Å². The van der Waals surface area contributed by atoms with Gasteiger partial charge in [-0.25, -0.2) is 0 Å². The van der Waals surface area contributed by atoms with Crippen molar-refractivity contribution in [1.29, 1.82) is 0 Å². The van der Waals surface area contributed by atoms with Crippen molar-refractivity contribution >= 4 is 52.9 Å². The highest BCUT2D eigenvalue weighted by Gasteiger charge is 2.02. The van der Waals surface area contributed by atoms with Gasteiger partial charge in [-0.3, -0.25) is 3.02 Å². The van der Waals surface area contributed by atoms with Crippen LogP contribution in [0.3, 0.4) is 0 Å². The quantitative estimate of drug-likeness (QED) is 0.251. The summed E-state index contributed by atoms with van der Waals surface area (Å²) in [6.45, 7) is 4.47. The summed E-state index contributed by atoms with van der Waals surface area (Å²) in [5, 5.41) is 0. The van der Waals surface area contributed by atoms with Gasteiger partial charge < -0.3 is 0 Å². The minimum absolute atomic E-state index is 0.793. The Morgan fingerprint density at radius 3 is 2.25 bits per heavy atom. The highest BCUT2D eigenvalue weighted by Crippen LogP contribution is 2.07. The van der Waals surface area contributed by atoms with Crippen LogP contribution in [0.5, 0.6) is 0 Å². The number of nitrogens with zero attached hydrogens (tertiary/aromatic N) is 1. The van der Waals surface area contributed by atoms with E-state index in [1.165, 1.54) is 7.41 Å². The van der Waals surface area contributed by atoms with Crippen LogP contribution in [0, 0.1) is 0 Å². The minimum atomic E-state index is 0.793. The van der Waals surface area contributed by atoms with Crippen molar-refractivity contribution in [2.75, 3.05) is 4.55 Å². The first-order valence-electron chi connectivity index (χ1n) is 2.63. The van der Waals surface area contributed by atoms with Crippen LogP contribution in [-0.2, 0) is 0 Å². The Kier molecular flexibility index (Phi) is 6.26. The van der Waals surface area contributed by atoms with Crippen molar-refractivity contribution in [2.45, 2.75) is 19.7 Å². The molecule has 0 aromatic heterocycles. The smallest absolute Gasteiger partial charge is 0.220 e. The van der Waals surface area contributed by atoms with E-state index in [1.54, 1.807) is 0 Å². The molecule has 48 valence electrons. The van der Waals surface area contributed by atoms with Gasteiger partial charge in [0.2, 0.25) is 7.41 Å². The van der Waals surface area contributed by atoms with Gasteiger partial charge in [-0.05, 0) is 0 Å². The molecular formula is C4H10BI2N. The summed E-state index contributed by atoms with van der Waals surface area (Å²) < 4.78 is 3.40. The number of halogens is 2. The first-order valence-corrected chi connectivity index (χ1v) is 5.12. The van der Waals surface area contributed by atoms with E-state index in [2.05, 4.69) is 62.3 Å². The Labute approximate surface area is 79.5 Å². The van der Waals surface area contributed by atoms with E-state index in [4.69, 9.17) is 0 Å². The maximum Gasteiger partial charge on any atom is 0.220 e. The van der Waals surface area contributed by atoms with Crippen LogP contribution in [0.1, 0.15) is 13.8 Å². The number of hydrogen-bond donors (Lipinski definition) is 0. The van der Waals surface area contributed by atoms with E-state index in [-0.39, 0.29) is 0 Å². The summed E-state index contributed by atoms with van der Waals surface area (Å²) >= 11 is 4.71. The van der Waals surface area contributed by atoms with Crippen LogP contribution in [0.15, 0.2) is 0 Å². The molecular weight excluding hydrogens is 327 g/mol. The molecule has 0 rings (SSSR count). The van der Waals surface area contributed by atoms with Crippen LogP contribution in [0.25, 0.3) is 0 Å². The Hall–Kier alpha value is 1.48. The van der Waals surface area contributed by atoms with Gasteiger partial charge in [0.1, 0.15) is 0 Å². The summed E-state index contributed by atoms with van der Waals surface area (Å²) in [6.07, 6.45) is 0. The van der Waals surface area contributed by atoms with Gasteiger partial charge >= 0.3 is 0 Å². The van der Waals surface area contributed by atoms with Crippen LogP contribution in [0.4, 0.5) is 0 Å². The Balaban J connectivity index is 3.10. The van der Waals surface area contributed by atoms with Gasteiger partial charge in [-0.15, -0.1) is 0 Å². The van der Waals surface area contributed by atoms with Crippen molar-refractivity contribution in [2.24, 2.45) is 0 Å². The molecule has 0 saturated heterocycles. The van der Waals surface area contributed by atoms with E-state index in [0.717, 1.165) is 10.4 Å². The molecule has 0 saturated carbocycles. The predicted molar refractivity (Wildman–Crippen MR) is 57.0 cm³/mol. The zero-order valence-corrected chi connectivity index (χ0v) is 9.51. The number of alkyl halides is 1. The second-order valence-electron chi connectivity index (χ2n) is 2.16. The number of rotatable bonds is 3. The average Bonchev–Trinajstić information content (AvgIpc) is 1.65. The summed E-state index contributed by atoms with van der Waals surface area (Å²) in [6, 6.07) is 0. The summed E-state index contributed by atoms with van der Waals surface area (Å²) in [5.74, 6) is 0.793. The molecule has 1 nitrogen and oxygen atoms in total. The Morgan fingerprint density at radius 2 is 2.12 bits per heavy atom. The number of hydrogen-bond acceptors (Lipinski definition) is 1. The largest absolute Gasteiger partial charge is 0.281 e.